The fourth-order valence-electron chi connectivity index (χ4n) is 1.71. The van der Waals surface area contributed by atoms with E-state index in [1.165, 1.54) is 4.90 Å². The van der Waals surface area contributed by atoms with Crippen LogP contribution >= 0.6 is 0 Å². The number of amides is 1. The maximum absolute atomic E-state index is 11.9. The first-order chi connectivity index (χ1) is 7.06. The van der Waals surface area contributed by atoms with E-state index in [2.05, 4.69) is 0 Å². The first kappa shape index (κ1) is 12.0. The molecule has 0 aliphatic heterocycles. The predicted molar refractivity (Wildman–Crippen MR) is 56.4 cm³/mol. The Kier molecular flexibility index (Phi) is 4.12. The summed E-state index contributed by atoms with van der Waals surface area (Å²) in [4.78, 5) is 24.1. The summed E-state index contributed by atoms with van der Waals surface area (Å²) in [7, 11) is 0. The lowest BCUT2D eigenvalue weighted by Crippen LogP contribution is -2.46. The zero-order valence-electron chi connectivity index (χ0n) is 9.40. The largest absolute Gasteiger partial charge is 0.480 e. The van der Waals surface area contributed by atoms with Gasteiger partial charge >= 0.3 is 5.97 Å². The summed E-state index contributed by atoms with van der Waals surface area (Å²) < 4.78 is 0. The molecule has 1 aliphatic rings. The van der Waals surface area contributed by atoms with E-state index in [0.717, 1.165) is 25.7 Å². The van der Waals surface area contributed by atoms with E-state index < -0.39 is 5.97 Å². The van der Waals surface area contributed by atoms with Gasteiger partial charge in [-0.05, 0) is 26.2 Å². The Bertz CT molecular complexity index is 248. The SMILES string of the molecule is CCC(C)N(CC(=O)O)C(=O)C1CCC1. The van der Waals surface area contributed by atoms with E-state index in [1.54, 1.807) is 0 Å². The number of nitrogens with zero attached hydrogens (tertiary/aromatic N) is 1. The van der Waals surface area contributed by atoms with Gasteiger partial charge in [0.25, 0.3) is 0 Å². The normalized spacial score (nSPS) is 18.0. The molecule has 0 bridgehead atoms. The van der Waals surface area contributed by atoms with Gasteiger partial charge in [0, 0.05) is 12.0 Å². The molecule has 0 spiro atoms. The summed E-state index contributed by atoms with van der Waals surface area (Å²) in [6.07, 6.45) is 3.74. The molecule has 0 saturated heterocycles. The molecule has 4 nitrogen and oxygen atoms in total. The molecule has 4 heteroatoms. The van der Waals surface area contributed by atoms with Crippen molar-refractivity contribution in [2.75, 3.05) is 6.54 Å². The predicted octanol–water partition coefficient (Wildman–Crippen LogP) is 1.50. The molecule has 0 aromatic carbocycles. The highest BCUT2D eigenvalue weighted by atomic mass is 16.4. The van der Waals surface area contributed by atoms with E-state index in [0.29, 0.717) is 0 Å². The first-order valence-electron chi connectivity index (χ1n) is 5.58. The number of rotatable bonds is 5. The van der Waals surface area contributed by atoms with Gasteiger partial charge in [-0.25, -0.2) is 0 Å². The Morgan fingerprint density at radius 2 is 2.07 bits per heavy atom. The van der Waals surface area contributed by atoms with Crippen molar-refractivity contribution < 1.29 is 14.7 Å². The second kappa shape index (κ2) is 5.14. The quantitative estimate of drug-likeness (QED) is 0.753. The first-order valence-corrected chi connectivity index (χ1v) is 5.58. The molecule has 1 atom stereocenters. The fourth-order valence-corrected chi connectivity index (χ4v) is 1.71. The van der Waals surface area contributed by atoms with Crippen molar-refractivity contribution in [2.24, 2.45) is 5.92 Å². The number of carbonyl (C=O) groups excluding carboxylic acids is 1. The Balaban J connectivity index is 2.61. The van der Waals surface area contributed by atoms with Crippen LogP contribution in [0.2, 0.25) is 0 Å². The molecule has 1 fully saturated rings. The van der Waals surface area contributed by atoms with E-state index in [-0.39, 0.29) is 24.4 Å². The number of carboxylic acids is 1. The van der Waals surface area contributed by atoms with Gasteiger partial charge in [-0.2, -0.15) is 0 Å². The molecule has 1 N–H and O–H groups in total. The molecular weight excluding hydrogens is 194 g/mol. The van der Waals surface area contributed by atoms with Crippen LogP contribution in [-0.4, -0.2) is 34.5 Å². The Morgan fingerprint density at radius 1 is 1.47 bits per heavy atom. The van der Waals surface area contributed by atoms with Gasteiger partial charge in [-0.3, -0.25) is 9.59 Å². The van der Waals surface area contributed by atoms with Gasteiger partial charge < -0.3 is 10.0 Å². The maximum atomic E-state index is 11.9. The molecule has 1 rings (SSSR count). The highest BCUT2D eigenvalue weighted by Gasteiger charge is 2.32. The smallest absolute Gasteiger partial charge is 0.323 e. The lowest BCUT2D eigenvalue weighted by molar-refractivity contribution is -0.149. The number of carboxylic acid groups (broad SMARTS) is 1. The Hall–Kier alpha value is -1.06. The number of hydrogen-bond donors (Lipinski definition) is 1. The molecule has 1 amide bonds. The van der Waals surface area contributed by atoms with Crippen LogP contribution in [0.4, 0.5) is 0 Å². The molecule has 0 aromatic rings. The number of aliphatic carboxylic acids is 1. The van der Waals surface area contributed by atoms with Crippen molar-refractivity contribution in [1.82, 2.24) is 4.90 Å². The van der Waals surface area contributed by atoms with E-state index >= 15 is 0 Å². The third-order valence-electron chi connectivity index (χ3n) is 3.17. The number of hydrogen-bond acceptors (Lipinski definition) is 2. The summed E-state index contributed by atoms with van der Waals surface area (Å²) in [6.45, 7) is 3.71. The van der Waals surface area contributed by atoms with Crippen LogP contribution in [0.15, 0.2) is 0 Å². The maximum Gasteiger partial charge on any atom is 0.323 e. The second-order valence-electron chi connectivity index (χ2n) is 4.24. The summed E-state index contributed by atoms with van der Waals surface area (Å²) in [5.74, 6) is -0.820. The molecule has 86 valence electrons. The zero-order chi connectivity index (χ0) is 11.4. The minimum atomic E-state index is -0.928. The highest BCUT2D eigenvalue weighted by molar-refractivity contribution is 5.83. The molecule has 15 heavy (non-hydrogen) atoms. The van der Waals surface area contributed by atoms with Crippen molar-refractivity contribution in [3.05, 3.63) is 0 Å². The monoisotopic (exact) mass is 213 g/mol. The third kappa shape index (κ3) is 2.94. The molecule has 0 aromatic heterocycles. The van der Waals surface area contributed by atoms with Crippen molar-refractivity contribution in [1.29, 1.82) is 0 Å². The van der Waals surface area contributed by atoms with Crippen molar-refractivity contribution in [3.63, 3.8) is 0 Å². The molecule has 0 radical (unpaired) electrons. The van der Waals surface area contributed by atoms with Gasteiger partial charge in [0.2, 0.25) is 5.91 Å². The fraction of sp³-hybridized carbons (Fsp3) is 0.818. The lowest BCUT2D eigenvalue weighted by atomic mass is 9.84. The molecule has 1 aliphatic carbocycles. The topological polar surface area (TPSA) is 57.6 Å². The van der Waals surface area contributed by atoms with Gasteiger partial charge in [0.15, 0.2) is 0 Å². The standard InChI is InChI=1S/C11H19NO3/c1-3-8(2)12(7-10(13)14)11(15)9-5-4-6-9/h8-9H,3-7H2,1-2H3,(H,13,14). The highest BCUT2D eigenvalue weighted by Crippen LogP contribution is 2.29. The summed E-state index contributed by atoms with van der Waals surface area (Å²) in [5.41, 5.74) is 0. The van der Waals surface area contributed by atoms with Gasteiger partial charge in [-0.1, -0.05) is 13.3 Å². The molecule has 0 heterocycles. The van der Waals surface area contributed by atoms with E-state index in [9.17, 15) is 9.59 Å². The molecular formula is C11H19NO3. The Morgan fingerprint density at radius 3 is 2.40 bits per heavy atom. The van der Waals surface area contributed by atoms with Crippen molar-refractivity contribution in [3.8, 4) is 0 Å². The van der Waals surface area contributed by atoms with Crippen LogP contribution in [0.5, 0.6) is 0 Å². The Labute approximate surface area is 90.3 Å². The molecule has 1 saturated carbocycles. The van der Waals surface area contributed by atoms with E-state index in [1.807, 2.05) is 13.8 Å². The summed E-state index contributed by atoms with van der Waals surface area (Å²) >= 11 is 0. The van der Waals surface area contributed by atoms with Gasteiger partial charge in [0.1, 0.15) is 6.54 Å². The van der Waals surface area contributed by atoms with Crippen LogP contribution in [0.25, 0.3) is 0 Å². The van der Waals surface area contributed by atoms with Crippen LogP contribution in [0, 0.1) is 5.92 Å². The van der Waals surface area contributed by atoms with E-state index in [4.69, 9.17) is 5.11 Å². The minimum absolute atomic E-state index is 0.0224. The average Bonchev–Trinajstić information content (AvgIpc) is 2.09. The second-order valence-corrected chi connectivity index (χ2v) is 4.24. The van der Waals surface area contributed by atoms with Crippen LogP contribution in [-0.2, 0) is 9.59 Å². The minimum Gasteiger partial charge on any atom is -0.480 e. The van der Waals surface area contributed by atoms with Crippen LogP contribution < -0.4 is 0 Å². The summed E-state index contributed by atoms with van der Waals surface area (Å²) in [5, 5.41) is 8.76. The van der Waals surface area contributed by atoms with Crippen LogP contribution in [0.1, 0.15) is 39.5 Å². The molecule has 1 unspecified atom stereocenters. The van der Waals surface area contributed by atoms with Crippen molar-refractivity contribution >= 4 is 11.9 Å². The summed E-state index contributed by atoms with van der Waals surface area (Å²) in [6, 6.07) is 0.0224. The zero-order valence-corrected chi connectivity index (χ0v) is 9.40. The third-order valence-corrected chi connectivity index (χ3v) is 3.17. The lowest BCUT2D eigenvalue weighted by Gasteiger charge is -2.34. The van der Waals surface area contributed by atoms with Gasteiger partial charge in [0.05, 0.1) is 0 Å². The van der Waals surface area contributed by atoms with Crippen molar-refractivity contribution in [2.45, 2.75) is 45.6 Å². The van der Waals surface area contributed by atoms with Gasteiger partial charge in [-0.15, -0.1) is 0 Å². The average molecular weight is 213 g/mol. The van der Waals surface area contributed by atoms with Crippen LogP contribution in [0.3, 0.4) is 0 Å². The number of carbonyl (C=O) groups is 2.